The van der Waals surface area contributed by atoms with Crippen LogP contribution in [0, 0.1) is 11.6 Å². The molecule has 4 rings (SSSR count). The Balaban J connectivity index is 1.79. The van der Waals surface area contributed by atoms with Gasteiger partial charge in [0.2, 0.25) is 5.56 Å². The number of fused-ring (bicyclic) bond motifs is 1. The zero-order valence-corrected chi connectivity index (χ0v) is 15.3. The number of pyridine rings is 1. The minimum atomic E-state index is -0.703. The monoisotopic (exact) mass is 394 g/mol. The first-order valence-electron chi connectivity index (χ1n) is 8.78. The molecule has 0 aliphatic heterocycles. The largest absolute Gasteiger partial charge is 0.338 e. The zero-order chi connectivity index (χ0) is 20.5. The van der Waals surface area contributed by atoms with Gasteiger partial charge in [-0.15, -0.1) is 0 Å². The number of aromatic nitrogens is 3. The quantitative estimate of drug-likeness (QED) is 0.558. The number of benzene rings is 2. The van der Waals surface area contributed by atoms with E-state index in [-0.39, 0.29) is 10.9 Å². The Morgan fingerprint density at radius 3 is 2.52 bits per heavy atom. The fourth-order valence-electron chi connectivity index (χ4n) is 3.23. The van der Waals surface area contributed by atoms with Crippen molar-refractivity contribution in [2.24, 2.45) is 7.05 Å². The van der Waals surface area contributed by atoms with Crippen LogP contribution in [0.5, 0.6) is 0 Å². The SMILES string of the molecule is Cn1ccnc1C(NC(=O)c1cc(=O)[nH]c2ccc(F)cc12)c1ccc(F)cc1. The van der Waals surface area contributed by atoms with Gasteiger partial charge in [-0.05, 0) is 35.9 Å². The fraction of sp³-hybridized carbons (Fsp3) is 0.0952. The number of nitrogens with zero attached hydrogens (tertiary/aromatic N) is 2. The van der Waals surface area contributed by atoms with Gasteiger partial charge >= 0.3 is 0 Å². The molecule has 0 aliphatic rings. The Morgan fingerprint density at radius 1 is 1.10 bits per heavy atom. The number of halogens is 2. The van der Waals surface area contributed by atoms with Crippen LogP contribution < -0.4 is 10.9 Å². The summed E-state index contributed by atoms with van der Waals surface area (Å²) in [6, 6.07) is 9.88. The molecule has 1 unspecified atom stereocenters. The zero-order valence-electron chi connectivity index (χ0n) is 15.3. The smallest absolute Gasteiger partial charge is 0.253 e. The van der Waals surface area contributed by atoms with E-state index in [9.17, 15) is 18.4 Å². The first kappa shape index (κ1) is 18.5. The molecule has 0 aliphatic carbocycles. The molecule has 146 valence electrons. The van der Waals surface area contributed by atoms with E-state index < -0.39 is 29.1 Å². The number of rotatable bonds is 4. The maximum absolute atomic E-state index is 13.7. The normalized spacial score (nSPS) is 12.1. The van der Waals surface area contributed by atoms with E-state index in [2.05, 4.69) is 15.3 Å². The number of imidazole rings is 1. The van der Waals surface area contributed by atoms with Gasteiger partial charge in [-0.3, -0.25) is 9.59 Å². The molecule has 1 amide bonds. The molecular formula is C21H16F2N4O2. The summed E-state index contributed by atoms with van der Waals surface area (Å²) < 4.78 is 28.8. The van der Waals surface area contributed by atoms with Gasteiger partial charge in [-0.1, -0.05) is 12.1 Å². The molecule has 2 aromatic heterocycles. The standard InChI is InChI=1S/C21H16F2N4O2/c1-27-9-8-24-20(27)19(12-2-4-13(22)5-3-12)26-21(29)16-11-18(28)25-17-7-6-14(23)10-15(16)17/h2-11,19H,1H3,(H,25,28)(H,26,29). The molecule has 4 aromatic rings. The maximum Gasteiger partial charge on any atom is 0.253 e. The lowest BCUT2D eigenvalue weighted by atomic mass is 10.0. The summed E-state index contributed by atoms with van der Waals surface area (Å²) in [7, 11) is 1.77. The number of amides is 1. The summed E-state index contributed by atoms with van der Waals surface area (Å²) in [6.07, 6.45) is 3.30. The fourth-order valence-corrected chi connectivity index (χ4v) is 3.23. The van der Waals surface area contributed by atoms with Crippen LogP contribution in [0.3, 0.4) is 0 Å². The Labute approximate surface area is 163 Å². The average molecular weight is 394 g/mol. The molecule has 2 N–H and O–H groups in total. The summed E-state index contributed by atoms with van der Waals surface area (Å²) in [5.41, 5.74) is 0.503. The number of hydrogen-bond acceptors (Lipinski definition) is 3. The van der Waals surface area contributed by atoms with E-state index in [0.717, 1.165) is 6.07 Å². The Hall–Kier alpha value is -3.81. The van der Waals surface area contributed by atoms with Crippen LogP contribution in [0.4, 0.5) is 8.78 Å². The van der Waals surface area contributed by atoms with Gasteiger partial charge in [0.25, 0.3) is 5.91 Å². The van der Waals surface area contributed by atoms with Gasteiger partial charge < -0.3 is 14.9 Å². The van der Waals surface area contributed by atoms with Crippen molar-refractivity contribution >= 4 is 16.8 Å². The van der Waals surface area contributed by atoms with Crippen LogP contribution in [0.15, 0.2) is 65.7 Å². The summed E-state index contributed by atoms with van der Waals surface area (Å²) in [6.45, 7) is 0. The second kappa shape index (κ2) is 7.31. The van der Waals surface area contributed by atoms with Crippen molar-refractivity contribution in [2.45, 2.75) is 6.04 Å². The molecule has 29 heavy (non-hydrogen) atoms. The van der Waals surface area contributed by atoms with Crippen LogP contribution in [-0.2, 0) is 7.05 Å². The van der Waals surface area contributed by atoms with Gasteiger partial charge in [0.05, 0.1) is 5.56 Å². The summed E-state index contributed by atoms with van der Waals surface area (Å²) in [5.74, 6) is -0.998. The molecule has 6 nitrogen and oxygen atoms in total. The molecule has 0 radical (unpaired) electrons. The van der Waals surface area contributed by atoms with Gasteiger partial charge in [0, 0.05) is 36.4 Å². The summed E-state index contributed by atoms with van der Waals surface area (Å²) >= 11 is 0. The highest BCUT2D eigenvalue weighted by molar-refractivity contribution is 6.06. The van der Waals surface area contributed by atoms with Crippen molar-refractivity contribution in [3.63, 3.8) is 0 Å². The lowest BCUT2D eigenvalue weighted by Crippen LogP contribution is -2.32. The van der Waals surface area contributed by atoms with Crippen LogP contribution >= 0.6 is 0 Å². The topological polar surface area (TPSA) is 79.8 Å². The minimum Gasteiger partial charge on any atom is -0.338 e. The van der Waals surface area contributed by atoms with Gasteiger partial charge in [-0.25, -0.2) is 13.8 Å². The highest BCUT2D eigenvalue weighted by Crippen LogP contribution is 2.23. The number of aryl methyl sites for hydroxylation is 1. The van der Waals surface area contributed by atoms with E-state index in [1.54, 1.807) is 36.1 Å². The predicted octanol–water partition coefficient (Wildman–Crippen LogP) is 3.06. The first-order chi connectivity index (χ1) is 13.9. The minimum absolute atomic E-state index is 0.0320. The Kier molecular flexibility index (Phi) is 4.67. The molecule has 2 aromatic carbocycles. The molecule has 0 saturated carbocycles. The third-order valence-electron chi connectivity index (χ3n) is 4.65. The van der Waals surface area contributed by atoms with Gasteiger partial charge in [0.1, 0.15) is 23.5 Å². The van der Waals surface area contributed by atoms with Crippen molar-refractivity contribution < 1.29 is 13.6 Å². The van der Waals surface area contributed by atoms with Crippen LogP contribution in [0.1, 0.15) is 27.8 Å². The third kappa shape index (κ3) is 3.64. The van der Waals surface area contributed by atoms with Crippen LogP contribution in [0.2, 0.25) is 0 Å². The van der Waals surface area contributed by atoms with Crippen molar-refractivity contribution in [3.05, 3.63) is 99.9 Å². The second-order valence-electron chi connectivity index (χ2n) is 6.59. The average Bonchev–Trinajstić information content (AvgIpc) is 3.12. The Morgan fingerprint density at radius 2 is 1.83 bits per heavy atom. The van der Waals surface area contributed by atoms with E-state index in [4.69, 9.17) is 0 Å². The molecule has 2 heterocycles. The first-order valence-corrected chi connectivity index (χ1v) is 8.78. The van der Waals surface area contributed by atoms with Crippen LogP contribution in [0.25, 0.3) is 10.9 Å². The molecule has 1 atom stereocenters. The van der Waals surface area contributed by atoms with Crippen molar-refractivity contribution in [3.8, 4) is 0 Å². The number of carbonyl (C=O) groups is 1. The van der Waals surface area contributed by atoms with Crippen LogP contribution in [-0.4, -0.2) is 20.4 Å². The lowest BCUT2D eigenvalue weighted by molar-refractivity contribution is 0.0942. The van der Waals surface area contributed by atoms with Crippen molar-refractivity contribution in [1.29, 1.82) is 0 Å². The van der Waals surface area contributed by atoms with E-state index in [0.29, 0.717) is 16.9 Å². The number of aromatic amines is 1. The predicted molar refractivity (Wildman–Crippen MR) is 103 cm³/mol. The van der Waals surface area contributed by atoms with E-state index in [1.165, 1.54) is 30.3 Å². The van der Waals surface area contributed by atoms with Crippen molar-refractivity contribution in [1.82, 2.24) is 19.9 Å². The maximum atomic E-state index is 13.7. The Bertz CT molecular complexity index is 1260. The van der Waals surface area contributed by atoms with E-state index in [1.807, 2.05) is 0 Å². The third-order valence-corrected chi connectivity index (χ3v) is 4.65. The molecule has 8 heteroatoms. The summed E-state index contributed by atoms with van der Waals surface area (Å²) in [4.78, 5) is 31.9. The number of hydrogen-bond donors (Lipinski definition) is 2. The number of H-pyrrole nitrogens is 1. The molecule has 0 saturated heterocycles. The highest BCUT2D eigenvalue weighted by Gasteiger charge is 2.23. The number of carbonyl (C=O) groups excluding carboxylic acids is 1. The van der Waals surface area contributed by atoms with E-state index >= 15 is 0 Å². The highest BCUT2D eigenvalue weighted by atomic mass is 19.1. The van der Waals surface area contributed by atoms with Gasteiger partial charge in [0.15, 0.2) is 0 Å². The summed E-state index contributed by atoms with van der Waals surface area (Å²) in [5, 5.41) is 3.11. The van der Waals surface area contributed by atoms with Crippen molar-refractivity contribution in [2.75, 3.05) is 0 Å². The lowest BCUT2D eigenvalue weighted by Gasteiger charge is -2.19. The second-order valence-corrected chi connectivity index (χ2v) is 6.59. The molecule has 0 bridgehead atoms. The number of nitrogens with one attached hydrogen (secondary N) is 2. The molecule has 0 fully saturated rings. The molecular weight excluding hydrogens is 378 g/mol. The molecule has 0 spiro atoms. The van der Waals surface area contributed by atoms with Gasteiger partial charge in [-0.2, -0.15) is 0 Å².